The van der Waals surface area contributed by atoms with E-state index in [2.05, 4.69) is 12.1 Å². The normalized spacial score (nSPS) is 19.5. The molecule has 0 aromatic heterocycles. The Labute approximate surface area is 90.3 Å². The highest BCUT2D eigenvalue weighted by molar-refractivity contribution is 5.40. The second-order valence-corrected chi connectivity index (χ2v) is 4.14. The number of rotatable bonds is 3. The molecule has 1 fully saturated rings. The van der Waals surface area contributed by atoms with Crippen molar-refractivity contribution < 1.29 is 9.53 Å². The molecule has 0 saturated heterocycles. The lowest BCUT2D eigenvalue weighted by Crippen LogP contribution is -2.31. The van der Waals surface area contributed by atoms with Crippen molar-refractivity contribution in [2.45, 2.75) is 37.7 Å². The maximum atomic E-state index is 10.6. The van der Waals surface area contributed by atoms with Crippen LogP contribution in [0.4, 0.5) is 0 Å². The van der Waals surface area contributed by atoms with Crippen molar-refractivity contribution in [2.24, 2.45) is 0 Å². The van der Waals surface area contributed by atoms with Crippen LogP contribution in [-0.4, -0.2) is 6.47 Å². The predicted molar refractivity (Wildman–Crippen MR) is 58.4 cm³/mol. The molecule has 0 spiro atoms. The molecule has 1 saturated carbocycles. The lowest BCUT2D eigenvalue weighted by Gasteiger charge is -2.35. The van der Waals surface area contributed by atoms with Crippen molar-refractivity contribution in [2.75, 3.05) is 0 Å². The Bertz CT molecular complexity index is 313. The largest absolute Gasteiger partial charge is 0.456 e. The van der Waals surface area contributed by atoms with Crippen LogP contribution in [0.15, 0.2) is 30.3 Å². The molecule has 15 heavy (non-hydrogen) atoms. The Morgan fingerprint density at radius 3 is 2.33 bits per heavy atom. The molecule has 1 aromatic carbocycles. The first kappa shape index (κ1) is 10.2. The Hall–Kier alpha value is -1.31. The highest BCUT2D eigenvalue weighted by atomic mass is 16.5. The van der Waals surface area contributed by atoms with Crippen molar-refractivity contribution in [3.8, 4) is 0 Å². The molecule has 2 rings (SSSR count). The van der Waals surface area contributed by atoms with Crippen LogP contribution in [0.3, 0.4) is 0 Å². The van der Waals surface area contributed by atoms with Gasteiger partial charge in [0.2, 0.25) is 0 Å². The van der Waals surface area contributed by atoms with Crippen molar-refractivity contribution in [1.29, 1.82) is 0 Å². The summed E-state index contributed by atoms with van der Waals surface area (Å²) in [5.41, 5.74) is 0.790. The molecule has 0 aliphatic heterocycles. The molecule has 0 heterocycles. The summed E-state index contributed by atoms with van der Waals surface area (Å²) in [6.07, 6.45) is 5.44. The third-order valence-corrected chi connectivity index (χ3v) is 3.23. The van der Waals surface area contributed by atoms with Gasteiger partial charge in [-0.25, -0.2) is 0 Å². The van der Waals surface area contributed by atoms with E-state index in [0.29, 0.717) is 6.47 Å². The van der Waals surface area contributed by atoms with E-state index < -0.39 is 0 Å². The van der Waals surface area contributed by atoms with Crippen molar-refractivity contribution in [3.63, 3.8) is 0 Å². The molecule has 0 radical (unpaired) electrons. The maximum Gasteiger partial charge on any atom is 0.293 e. The third kappa shape index (κ3) is 2.04. The summed E-state index contributed by atoms with van der Waals surface area (Å²) in [5.74, 6) is 0. The number of ether oxygens (including phenoxy) is 1. The SMILES string of the molecule is O=COC1(c2ccccc2)CCCCC1. The Morgan fingerprint density at radius 2 is 1.73 bits per heavy atom. The zero-order chi connectivity index (χ0) is 10.6. The molecule has 0 unspecified atom stereocenters. The van der Waals surface area contributed by atoms with Gasteiger partial charge in [0.1, 0.15) is 5.60 Å². The van der Waals surface area contributed by atoms with Gasteiger partial charge in [-0.3, -0.25) is 4.79 Å². The average Bonchev–Trinajstić information content (AvgIpc) is 2.32. The van der Waals surface area contributed by atoms with Crippen molar-refractivity contribution >= 4 is 6.47 Å². The van der Waals surface area contributed by atoms with Crippen LogP contribution in [-0.2, 0) is 15.1 Å². The minimum atomic E-state index is -0.346. The molecule has 2 nitrogen and oxygen atoms in total. The summed E-state index contributed by atoms with van der Waals surface area (Å²) in [5, 5.41) is 0. The lowest BCUT2D eigenvalue weighted by molar-refractivity contribution is -0.148. The molecule has 80 valence electrons. The Balaban J connectivity index is 2.29. The molecule has 0 N–H and O–H groups in total. The number of carbonyl (C=O) groups excluding carboxylic acids is 1. The number of benzene rings is 1. The fourth-order valence-electron chi connectivity index (χ4n) is 2.43. The van der Waals surface area contributed by atoms with Gasteiger partial charge in [-0.2, -0.15) is 0 Å². The molecule has 0 bridgehead atoms. The van der Waals surface area contributed by atoms with E-state index in [9.17, 15) is 4.79 Å². The second kappa shape index (κ2) is 4.47. The molecule has 1 aliphatic rings. The minimum Gasteiger partial charge on any atom is -0.456 e. The fourth-order valence-corrected chi connectivity index (χ4v) is 2.43. The van der Waals surface area contributed by atoms with Gasteiger partial charge in [-0.1, -0.05) is 36.8 Å². The molecule has 2 heteroatoms. The molecular formula is C13H16O2. The van der Waals surface area contributed by atoms with E-state index in [1.54, 1.807) is 0 Å². The van der Waals surface area contributed by atoms with E-state index in [4.69, 9.17) is 4.74 Å². The lowest BCUT2D eigenvalue weighted by atomic mass is 9.79. The summed E-state index contributed by atoms with van der Waals surface area (Å²) >= 11 is 0. The van der Waals surface area contributed by atoms with Crippen LogP contribution in [0.25, 0.3) is 0 Å². The van der Waals surface area contributed by atoms with E-state index in [0.717, 1.165) is 31.2 Å². The second-order valence-electron chi connectivity index (χ2n) is 4.14. The topological polar surface area (TPSA) is 26.3 Å². The van der Waals surface area contributed by atoms with Crippen LogP contribution in [0.5, 0.6) is 0 Å². The summed E-state index contributed by atoms with van der Waals surface area (Å²) < 4.78 is 5.38. The number of hydrogen-bond acceptors (Lipinski definition) is 2. The molecule has 1 aromatic rings. The molecular weight excluding hydrogens is 188 g/mol. The average molecular weight is 204 g/mol. The van der Waals surface area contributed by atoms with Crippen LogP contribution < -0.4 is 0 Å². The summed E-state index contributed by atoms with van der Waals surface area (Å²) in [4.78, 5) is 10.6. The zero-order valence-corrected chi connectivity index (χ0v) is 8.82. The van der Waals surface area contributed by atoms with Crippen molar-refractivity contribution in [3.05, 3.63) is 35.9 Å². The van der Waals surface area contributed by atoms with Gasteiger partial charge in [0.15, 0.2) is 0 Å². The molecule has 0 atom stereocenters. The van der Waals surface area contributed by atoms with Gasteiger partial charge < -0.3 is 4.74 Å². The summed E-state index contributed by atoms with van der Waals surface area (Å²) in [6, 6.07) is 10.1. The van der Waals surface area contributed by atoms with Crippen LogP contribution in [0.1, 0.15) is 37.7 Å². The van der Waals surface area contributed by atoms with Gasteiger partial charge in [-0.15, -0.1) is 0 Å². The van der Waals surface area contributed by atoms with E-state index in [1.807, 2.05) is 18.2 Å². The summed E-state index contributed by atoms with van der Waals surface area (Å²) in [7, 11) is 0. The summed E-state index contributed by atoms with van der Waals surface area (Å²) in [6.45, 7) is 0.596. The van der Waals surface area contributed by atoms with E-state index >= 15 is 0 Å². The van der Waals surface area contributed by atoms with Crippen LogP contribution in [0, 0.1) is 0 Å². The zero-order valence-electron chi connectivity index (χ0n) is 8.82. The monoisotopic (exact) mass is 204 g/mol. The van der Waals surface area contributed by atoms with Gasteiger partial charge in [0, 0.05) is 0 Å². The van der Waals surface area contributed by atoms with Crippen molar-refractivity contribution in [1.82, 2.24) is 0 Å². The first-order valence-electron chi connectivity index (χ1n) is 5.54. The van der Waals surface area contributed by atoms with Gasteiger partial charge >= 0.3 is 0 Å². The smallest absolute Gasteiger partial charge is 0.293 e. The van der Waals surface area contributed by atoms with E-state index in [-0.39, 0.29) is 5.60 Å². The van der Waals surface area contributed by atoms with E-state index in [1.165, 1.54) is 6.42 Å². The Kier molecular flexibility index (Phi) is 3.05. The van der Waals surface area contributed by atoms with Gasteiger partial charge in [-0.05, 0) is 31.2 Å². The maximum absolute atomic E-state index is 10.6. The Morgan fingerprint density at radius 1 is 1.07 bits per heavy atom. The number of hydrogen-bond donors (Lipinski definition) is 0. The first-order valence-corrected chi connectivity index (χ1v) is 5.54. The highest BCUT2D eigenvalue weighted by Crippen LogP contribution is 2.39. The number of carbonyl (C=O) groups is 1. The van der Waals surface area contributed by atoms with Crippen LogP contribution in [0.2, 0.25) is 0 Å². The predicted octanol–water partition coefficient (Wildman–Crippen LogP) is 3.02. The molecule has 1 aliphatic carbocycles. The first-order chi connectivity index (χ1) is 7.37. The third-order valence-electron chi connectivity index (χ3n) is 3.23. The van der Waals surface area contributed by atoms with Gasteiger partial charge in [0.05, 0.1) is 0 Å². The minimum absolute atomic E-state index is 0.346. The van der Waals surface area contributed by atoms with Crippen LogP contribution >= 0.6 is 0 Å². The fraction of sp³-hybridized carbons (Fsp3) is 0.462. The van der Waals surface area contributed by atoms with Gasteiger partial charge in [0.25, 0.3) is 6.47 Å². The highest BCUT2D eigenvalue weighted by Gasteiger charge is 2.35. The molecule has 0 amide bonds. The standard InChI is InChI=1S/C13H16O2/c14-11-15-13(9-5-2-6-10-13)12-7-3-1-4-8-12/h1,3-4,7-8,11H,2,5-6,9-10H2. The quantitative estimate of drug-likeness (QED) is 0.707.